The van der Waals surface area contributed by atoms with E-state index in [9.17, 15) is 0 Å². The molecular formula is C56H79N3O. The number of hydrogen-bond donors (Lipinski definition) is 0. The van der Waals surface area contributed by atoms with Gasteiger partial charge in [-0.1, -0.05) is 114 Å². The van der Waals surface area contributed by atoms with Crippen LogP contribution in [-0.4, -0.2) is 46.6 Å². The molecule has 60 heavy (non-hydrogen) atoms. The van der Waals surface area contributed by atoms with Gasteiger partial charge < -0.3 is 4.74 Å². The minimum absolute atomic E-state index is 0.492. The lowest BCUT2D eigenvalue weighted by molar-refractivity contribution is 0.156. The van der Waals surface area contributed by atoms with Crippen molar-refractivity contribution in [2.45, 2.75) is 166 Å². The first kappa shape index (κ1) is 45.8. The summed E-state index contributed by atoms with van der Waals surface area (Å²) in [5.74, 6) is 1.99. The molecule has 9 rings (SSSR count). The number of pyridine rings is 1. The zero-order valence-corrected chi connectivity index (χ0v) is 39.6. The van der Waals surface area contributed by atoms with Gasteiger partial charge in [0.15, 0.2) is 0 Å². The number of piperidine rings is 2. The van der Waals surface area contributed by atoms with E-state index in [4.69, 9.17) is 4.74 Å². The minimum atomic E-state index is 0.492. The van der Waals surface area contributed by atoms with Crippen LogP contribution in [0.4, 0.5) is 0 Å². The van der Waals surface area contributed by atoms with E-state index in [1.807, 2.05) is 24.4 Å². The fraction of sp³-hybridized carbons (Fsp3) is 0.554. The standard InChI is InChI=1S/C17H23N.C14H20N2.C13H22.C12H14O/c1-13(2)15-10-16-8-9-17(11-15)18(16)12-14-6-4-3-5-7-14;1-12(2)13-6-9-16(10-7-13)11-14-5-3-4-8-15-14;1-9(2)11-12(3,4)10-6-7-13(11,5)8-10;1-9(2)10-7-8-13-12-6-4-3-5-11(10)12/h3-7,16-17H,8-12H2,1-2H3;3-5,8H,6-7,9-11H2,1-2H3;10H,6-8H2,1-5H3;3-6H,7-8H2,1-2H3/t16-,17+;;10-,13+;/m..0./s1. The summed E-state index contributed by atoms with van der Waals surface area (Å²) in [6.45, 7) is 30.6. The second-order valence-corrected chi connectivity index (χ2v) is 20.4. The Kier molecular flexibility index (Phi) is 15.6. The summed E-state index contributed by atoms with van der Waals surface area (Å²) in [6.07, 6.45) is 15.1. The number of nitrogens with zero attached hydrogens (tertiary/aromatic N) is 3. The van der Waals surface area contributed by atoms with Gasteiger partial charge in [-0.2, -0.15) is 0 Å². The summed E-state index contributed by atoms with van der Waals surface area (Å²) < 4.78 is 5.57. The molecule has 6 aliphatic rings. The van der Waals surface area contributed by atoms with Crippen LogP contribution in [0.25, 0.3) is 5.57 Å². The van der Waals surface area contributed by atoms with Crippen LogP contribution in [-0.2, 0) is 13.1 Å². The number of benzene rings is 2. The van der Waals surface area contributed by atoms with Crippen LogP contribution >= 0.6 is 0 Å². The molecule has 1 aromatic heterocycles. The maximum Gasteiger partial charge on any atom is 0.126 e. The summed E-state index contributed by atoms with van der Waals surface area (Å²) >= 11 is 0. The third-order valence-corrected chi connectivity index (χ3v) is 14.9. The van der Waals surface area contributed by atoms with Gasteiger partial charge in [-0.25, -0.2) is 0 Å². The normalized spacial score (nSPS) is 25.1. The number of para-hydroxylation sites is 1. The van der Waals surface area contributed by atoms with Crippen LogP contribution in [0, 0.1) is 16.7 Å². The molecule has 5 heterocycles. The lowest BCUT2D eigenvalue weighted by Crippen LogP contribution is -2.40. The maximum atomic E-state index is 5.57. The Morgan fingerprint density at radius 3 is 1.85 bits per heavy atom. The lowest BCUT2D eigenvalue weighted by Gasteiger charge is -2.38. The largest absolute Gasteiger partial charge is 0.493 e. The average Bonchev–Trinajstić information content (AvgIpc) is 3.80. The van der Waals surface area contributed by atoms with Crippen LogP contribution in [0.5, 0.6) is 5.75 Å². The van der Waals surface area contributed by atoms with E-state index < -0.39 is 0 Å². The number of allylic oxidation sites excluding steroid dienone is 5. The van der Waals surface area contributed by atoms with E-state index >= 15 is 0 Å². The Hall–Kier alpha value is -3.73. The van der Waals surface area contributed by atoms with Gasteiger partial charge in [-0.15, -0.1) is 0 Å². The second kappa shape index (κ2) is 20.4. The molecule has 4 heteroatoms. The molecule has 0 amide bonds. The first-order chi connectivity index (χ1) is 28.7. The molecule has 0 spiro atoms. The Morgan fingerprint density at radius 2 is 1.30 bits per heavy atom. The van der Waals surface area contributed by atoms with Crippen molar-refractivity contribution in [3.63, 3.8) is 0 Å². The van der Waals surface area contributed by atoms with E-state index in [1.54, 1.807) is 27.9 Å². The molecule has 2 aromatic carbocycles. The zero-order chi connectivity index (χ0) is 43.0. The molecular weight excluding hydrogens is 731 g/mol. The summed E-state index contributed by atoms with van der Waals surface area (Å²) in [5.41, 5.74) is 17.6. The van der Waals surface area contributed by atoms with Crippen LogP contribution in [0.1, 0.15) is 157 Å². The number of aromatic nitrogens is 1. The lowest BCUT2D eigenvalue weighted by atomic mass is 9.67. The van der Waals surface area contributed by atoms with Crippen molar-refractivity contribution in [3.8, 4) is 5.75 Å². The molecule has 4 bridgehead atoms. The maximum absolute atomic E-state index is 5.57. The Labute approximate surface area is 366 Å². The molecule has 2 saturated carbocycles. The fourth-order valence-electron chi connectivity index (χ4n) is 11.8. The van der Waals surface area contributed by atoms with Crippen molar-refractivity contribution in [1.82, 2.24) is 14.8 Å². The second-order valence-electron chi connectivity index (χ2n) is 20.4. The molecule has 5 fully saturated rings. The molecule has 2 aliphatic carbocycles. The van der Waals surface area contributed by atoms with Crippen LogP contribution < -0.4 is 4.74 Å². The van der Waals surface area contributed by atoms with Crippen molar-refractivity contribution < 1.29 is 4.74 Å². The summed E-state index contributed by atoms with van der Waals surface area (Å²) in [7, 11) is 0. The monoisotopic (exact) mass is 810 g/mol. The van der Waals surface area contributed by atoms with Gasteiger partial charge in [0.1, 0.15) is 5.75 Å². The summed E-state index contributed by atoms with van der Waals surface area (Å²) in [6, 6.07) is 26.9. The van der Waals surface area contributed by atoms with Crippen molar-refractivity contribution in [1.29, 1.82) is 0 Å². The molecule has 0 N–H and O–H groups in total. The Bertz CT molecular complexity index is 1970. The minimum Gasteiger partial charge on any atom is -0.493 e. The predicted molar refractivity (Wildman–Crippen MR) is 256 cm³/mol. The van der Waals surface area contributed by atoms with Gasteiger partial charge in [0.2, 0.25) is 0 Å². The number of likely N-dealkylation sites (tertiary alicyclic amines) is 1. The average molecular weight is 810 g/mol. The van der Waals surface area contributed by atoms with Gasteiger partial charge in [0.25, 0.3) is 0 Å². The highest BCUT2D eigenvalue weighted by Crippen LogP contribution is 2.66. The van der Waals surface area contributed by atoms with Gasteiger partial charge in [-0.05, 0) is 159 Å². The smallest absolute Gasteiger partial charge is 0.126 e. The van der Waals surface area contributed by atoms with Crippen LogP contribution in [0.3, 0.4) is 0 Å². The first-order valence-corrected chi connectivity index (χ1v) is 23.5. The number of ether oxygens (including phenoxy) is 1. The number of hydrogen-bond acceptors (Lipinski definition) is 4. The van der Waals surface area contributed by atoms with E-state index in [1.165, 1.54) is 104 Å². The molecule has 3 aromatic rings. The van der Waals surface area contributed by atoms with E-state index in [0.29, 0.717) is 10.8 Å². The topological polar surface area (TPSA) is 28.6 Å². The fourth-order valence-corrected chi connectivity index (χ4v) is 11.8. The van der Waals surface area contributed by atoms with Gasteiger partial charge in [0, 0.05) is 56.4 Å². The van der Waals surface area contributed by atoms with Crippen molar-refractivity contribution in [2.75, 3.05) is 19.7 Å². The quantitative estimate of drug-likeness (QED) is 0.246. The van der Waals surface area contributed by atoms with Gasteiger partial charge in [0.05, 0.1) is 12.3 Å². The van der Waals surface area contributed by atoms with Crippen LogP contribution in [0.2, 0.25) is 0 Å². The van der Waals surface area contributed by atoms with Crippen molar-refractivity contribution >= 4 is 5.57 Å². The number of fused-ring (bicyclic) bond motifs is 5. The van der Waals surface area contributed by atoms with Crippen molar-refractivity contribution in [2.24, 2.45) is 16.7 Å². The molecule has 3 saturated heterocycles. The third kappa shape index (κ3) is 11.2. The SMILES string of the molecule is CC(C)=C1C(C)(C)[C@H]2CC[C@]1(C)C2.CC(C)=C1CCN(Cc2ccccn2)CC1.CC(C)=C1CCOc2ccccc21.CC(C)=C1C[C@H]2CC[C@@H](C1)N2Cc1ccccc1. The van der Waals surface area contributed by atoms with E-state index in [-0.39, 0.29) is 0 Å². The molecule has 4 aliphatic heterocycles. The highest BCUT2D eigenvalue weighted by Gasteiger charge is 2.55. The van der Waals surface area contributed by atoms with Crippen molar-refractivity contribution in [3.05, 3.63) is 135 Å². The highest BCUT2D eigenvalue weighted by molar-refractivity contribution is 5.73. The predicted octanol–water partition coefficient (Wildman–Crippen LogP) is 14.6. The molecule has 0 radical (unpaired) electrons. The summed E-state index contributed by atoms with van der Waals surface area (Å²) in [4.78, 5) is 9.62. The first-order valence-electron chi connectivity index (χ1n) is 23.5. The summed E-state index contributed by atoms with van der Waals surface area (Å²) in [5, 5.41) is 0. The van der Waals surface area contributed by atoms with Gasteiger partial charge >= 0.3 is 0 Å². The van der Waals surface area contributed by atoms with Crippen LogP contribution in [0.15, 0.2) is 118 Å². The zero-order valence-electron chi connectivity index (χ0n) is 39.6. The molecule has 4 atom stereocenters. The third-order valence-electron chi connectivity index (χ3n) is 14.9. The molecule has 4 nitrogen and oxygen atoms in total. The van der Waals surface area contributed by atoms with Gasteiger partial charge in [-0.3, -0.25) is 14.8 Å². The number of rotatable bonds is 4. The highest BCUT2D eigenvalue weighted by atomic mass is 16.5. The molecule has 0 unspecified atom stereocenters. The van der Waals surface area contributed by atoms with E-state index in [2.05, 4.69) is 146 Å². The Balaban J connectivity index is 0.000000135. The molecule has 324 valence electrons. The Morgan fingerprint density at radius 1 is 0.667 bits per heavy atom. The van der Waals surface area contributed by atoms with E-state index in [0.717, 1.165) is 49.9 Å².